The maximum absolute atomic E-state index is 5.98. The van der Waals surface area contributed by atoms with Gasteiger partial charge in [-0.1, -0.05) is 24.6 Å². The molecule has 21 heavy (non-hydrogen) atoms. The van der Waals surface area contributed by atoms with Crippen LogP contribution in [-0.2, 0) is 6.42 Å². The largest absolute Gasteiger partial charge is 0.492 e. The Morgan fingerprint density at radius 1 is 1.33 bits per heavy atom. The van der Waals surface area contributed by atoms with Gasteiger partial charge in [0.2, 0.25) is 0 Å². The number of nitrogens with one attached hydrogen (secondary N) is 1. The molecule has 0 spiro atoms. The molecule has 0 amide bonds. The molecule has 0 bridgehead atoms. The Morgan fingerprint density at radius 3 is 2.86 bits per heavy atom. The summed E-state index contributed by atoms with van der Waals surface area (Å²) in [4.78, 5) is 1.35. The van der Waals surface area contributed by atoms with Crippen LogP contribution in [0.5, 0.6) is 5.75 Å². The van der Waals surface area contributed by atoms with Crippen molar-refractivity contribution in [1.29, 1.82) is 0 Å². The highest BCUT2D eigenvalue weighted by molar-refractivity contribution is 9.11. The van der Waals surface area contributed by atoms with Crippen LogP contribution >= 0.6 is 38.9 Å². The van der Waals surface area contributed by atoms with E-state index < -0.39 is 0 Å². The molecule has 5 heteroatoms. The Kier molecular flexibility index (Phi) is 7.04. The van der Waals surface area contributed by atoms with E-state index in [0.29, 0.717) is 17.7 Å². The second kappa shape index (κ2) is 8.79. The molecule has 1 aromatic heterocycles. The van der Waals surface area contributed by atoms with Crippen molar-refractivity contribution in [2.24, 2.45) is 0 Å². The number of hydrogen-bond acceptors (Lipinski definition) is 3. The molecule has 0 radical (unpaired) electrons. The van der Waals surface area contributed by atoms with E-state index in [9.17, 15) is 0 Å². The summed E-state index contributed by atoms with van der Waals surface area (Å²) in [6, 6.07) is 12.1. The van der Waals surface area contributed by atoms with Crippen LogP contribution in [0.15, 0.2) is 40.2 Å². The number of ether oxygens (including phenoxy) is 1. The lowest BCUT2D eigenvalue weighted by atomic mass is 10.2. The molecule has 2 aromatic rings. The maximum atomic E-state index is 5.98. The van der Waals surface area contributed by atoms with Crippen LogP contribution in [-0.4, -0.2) is 19.2 Å². The number of rotatable bonds is 8. The first kappa shape index (κ1) is 16.8. The first-order chi connectivity index (χ1) is 10.2. The van der Waals surface area contributed by atoms with Gasteiger partial charge in [0.15, 0.2) is 0 Å². The SMILES string of the molecule is CCCNC(COc1cccc(Cl)c1)Cc1ccc(Br)s1. The second-order valence-electron chi connectivity index (χ2n) is 4.83. The molecule has 0 saturated heterocycles. The van der Waals surface area contributed by atoms with E-state index in [2.05, 4.69) is 40.3 Å². The molecule has 0 aliphatic rings. The molecule has 0 fully saturated rings. The van der Waals surface area contributed by atoms with E-state index in [1.165, 1.54) is 8.66 Å². The topological polar surface area (TPSA) is 21.3 Å². The molecule has 2 rings (SSSR count). The minimum Gasteiger partial charge on any atom is -0.492 e. The summed E-state index contributed by atoms with van der Waals surface area (Å²) in [6.07, 6.45) is 2.08. The molecule has 1 atom stereocenters. The van der Waals surface area contributed by atoms with Crippen molar-refractivity contribution in [3.63, 3.8) is 0 Å². The molecule has 1 unspecified atom stereocenters. The monoisotopic (exact) mass is 387 g/mol. The third-order valence-electron chi connectivity index (χ3n) is 3.01. The third-order valence-corrected chi connectivity index (χ3v) is 4.89. The van der Waals surface area contributed by atoms with Gasteiger partial charge in [0, 0.05) is 22.4 Å². The van der Waals surface area contributed by atoms with Gasteiger partial charge in [-0.3, -0.25) is 0 Å². The Labute approximate surface area is 143 Å². The molecule has 0 saturated carbocycles. The number of thiophene rings is 1. The van der Waals surface area contributed by atoms with Gasteiger partial charge in [0.05, 0.1) is 3.79 Å². The molecule has 0 aliphatic heterocycles. The van der Waals surface area contributed by atoms with E-state index in [4.69, 9.17) is 16.3 Å². The van der Waals surface area contributed by atoms with Gasteiger partial charge in [0.1, 0.15) is 12.4 Å². The first-order valence-electron chi connectivity index (χ1n) is 7.03. The molecule has 1 aromatic carbocycles. The van der Waals surface area contributed by atoms with E-state index in [1.54, 1.807) is 11.3 Å². The fraction of sp³-hybridized carbons (Fsp3) is 0.375. The third kappa shape index (κ3) is 5.99. The van der Waals surface area contributed by atoms with Gasteiger partial charge >= 0.3 is 0 Å². The Hall–Kier alpha value is -0.550. The predicted molar refractivity (Wildman–Crippen MR) is 94.8 cm³/mol. The van der Waals surface area contributed by atoms with Crippen LogP contribution in [0.4, 0.5) is 0 Å². The summed E-state index contributed by atoms with van der Waals surface area (Å²) < 4.78 is 7.04. The Balaban J connectivity index is 1.92. The van der Waals surface area contributed by atoms with Crippen LogP contribution in [0.25, 0.3) is 0 Å². The summed E-state index contributed by atoms with van der Waals surface area (Å²) in [5.41, 5.74) is 0. The van der Waals surface area contributed by atoms with E-state index >= 15 is 0 Å². The van der Waals surface area contributed by atoms with Crippen molar-refractivity contribution in [2.45, 2.75) is 25.8 Å². The molecular weight excluding hydrogens is 370 g/mol. The molecule has 1 N–H and O–H groups in total. The van der Waals surface area contributed by atoms with Crippen molar-refractivity contribution in [1.82, 2.24) is 5.32 Å². The van der Waals surface area contributed by atoms with Crippen LogP contribution in [0.2, 0.25) is 5.02 Å². The smallest absolute Gasteiger partial charge is 0.120 e. The molecular formula is C16H19BrClNOS. The van der Waals surface area contributed by atoms with Crippen molar-refractivity contribution in [2.75, 3.05) is 13.2 Å². The Morgan fingerprint density at radius 2 is 2.19 bits per heavy atom. The minimum atomic E-state index is 0.300. The molecule has 1 heterocycles. The number of hydrogen-bond donors (Lipinski definition) is 1. The zero-order chi connectivity index (χ0) is 15.1. The Bertz CT molecular complexity index is 561. The van der Waals surface area contributed by atoms with Crippen LogP contribution < -0.4 is 10.1 Å². The maximum Gasteiger partial charge on any atom is 0.120 e. The fourth-order valence-corrected chi connectivity index (χ4v) is 3.74. The van der Waals surface area contributed by atoms with Crippen molar-refractivity contribution >= 4 is 38.9 Å². The van der Waals surface area contributed by atoms with Crippen molar-refractivity contribution < 1.29 is 4.74 Å². The van der Waals surface area contributed by atoms with Gasteiger partial charge in [0.25, 0.3) is 0 Å². The normalized spacial score (nSPS) is 12.3. The van der Waals surface area contributed by atoms with E-state index in [1.807, 2.05) is 24.3 Å². The highest BCUT2D eigenvalue weighted by atomic mass is 79.9. The van der Waals surface area contributed by atoms with Crippen molar-refractivity contribution in [3.8, 4) is 5.75 Å². The summed E-state index contributed by atoms with van der Waals surface area (Å²) in [5.74, 6) is 0.818. The molecule has 114 valence electrons. The van der Waals surface area contributed by atoms with E-state index in [-0.39, 0.29) is 0 Å². The average molecular weight is 389 g/mol. The molecule has 2 nitrogen and oxygen atoms in total. The van der Waals surface area contributed by atoms with E-state index in [0.717, 1.165) is 25.1 Å². The predicted octanol–water partition coefficient (Wildman–Crippen LogP) is 5.15. The molecule has 0 aliphatic carbocycles. The zero-order valence-electron chi connectivity index (χ0n) is 11.9. The average Bonchev–Trinajstić information content (AvgIpc) is 2.87. The van der Waals surface area contributed by atoms with Crippen LogP contribution in [0.3, 0.4) is 0 Å². The van der Waals surface area contributed by atoms with Gasteiger partial charge < -0.3 is 10.1 Å². The summed E-state index contributed by atoms with van der Waals surface area (Å²) in [5, 5.41) is 4.25. The van der Waals surface area contributed by atoms with Crippen molar-refractivity contribution in [3.05, 3.63) is 50.1 Å². The van der Waals surface area contributed by atoms with Crippen LogP contribution in [0.1, 0.15) is 18.2 Å². The van der Waals surface area contributed by atoms with Gasteiger partial charge in [-0.05, 0) is 59.2 Å². The number of benzene rings is 1. The van der Waals surface area contributed by atoms with Gasteiger partial charge in [-0.15, -0.1) is 11.3 Å². The summed E-state index contributed by atoms with van der Waals surface area (Å²) in [6.45, 7) is 3.80. The summed E-state index contributed by atoms with van der Waals surface area (Å²) >= 11 is 11.3. The second-order valence-corrected chi connectivity index (χ2v) is 7.81. The fourth-order valence-electron chi connectivity index (χ4n) is 2.00. The number of halogens is 2. The lowest BCUT2D eigenvalue weighted by Crippen LogP contribution is -2.36. The highest BCUT2D eigenvalue weighted by Crippen LogP contribution is 2.23. The van der Waals surface area contributed by atoms with Crippen LogP contribution in [0, 0.1) is 0 Å². The first-order valence-corrected chi connectivity index (χ1v) is 9.02. The minimum absolute atomic E-state index is 0.300. The van der Waals surface area contributed by atoms with Gasteiger partial charge in [-0.2, -0.15) is 0 Å². The zero-order valence-corrected chi connectivity index (χ0v) is 15.1. The van der Waals surface area contributed by atoms with Gasteiger partial charge in [-0.25, -0.2) is 0 Å². The quantitative estimate of drug-likeness (QED) is 0.675. The lowest BCUT2D eigenvalue weighted by molar-refractivity contribution is 0.263. The standard InChI is InChI=1S/C16H19BrClNOS/c1-2-8-19-13(10-15-6-7-16(17)21-15)11-20-14-5-3-4-12(18)9-14/h3-7,9,13,19H,2,8,10-11H2,1H3. The lowest BCUT2D eigenvalue weighted by Gasteiger charge is -2.18. The highest BCUT2D eigenvalue weighted by Gasteiger charge is 2.11. The summed E-state index contributed by atoms with van der Waals surface area (Å²) in [7, 11) is 0.